The van der Waals surface area contributed by atoms with Crippen LogP contribution < -0.4 is 4.90 Å². The molecule has 0 aliphatic carbocycles. The molecule has 0 aromatic heterocycles. The van der Waals surface area contributed by atoms with Crippen LogP contribution in [0.1, 0.15) is 22.7 Å². The highest BCUT2D eigenvalue weighted by Gasteiger charge is 2.47. The number of amides is 1. The van der Waals surface area contributed by atoms with Gasteiger partial charge in [-0.15, -0.1) is 0 Å². The molecule has 3 aromatic rings. The highest BCUT2D eigenvalue weighted by Crippen LogP contribution is 2.42. The Balaban J connectivity index is 1.96. The number of nitro benzene ring substituents is 1. The maximum atomic E-state index is 13.1. The molecule has 160 valence electrons. The van der Waals surface area contributed by atoms with E-state index in [-0.39, 0.29) is 17.0 Å². The molecule has 32 heavy (non-hydrogen) atoms. The number of nitro groups is 1. The number of nitrogens with zero attached hydrogens (tertiary/aromatic N) is 2. The SMILES string of the molecule is Cc1ccc(N2C(=O)C(=O)/C(=C(/O)c3ccc(Cl)cc3)[C@H]2c2cccc([N+](=O)[O-])c2)cc1. The number of ketones is 1. The van der Waals surface area contributed by atoms with Gasteiger partial charge in [0, 0.05) is 28.4 Å². The number of hydrogen-bond acceptors (Lipinski definition) is 5. The van der Waals surface area contributed by atoms with E-state index >= 15 is 0 Å². The normalized spacial score (nSPS) is 17.6. The van der Waals surface area contributed by atoms with Gasteiger partial charge < -0.3 is 5.11 Å². The van der Waals surface area contributed by atoms with E-state index in [0.29, 0.717) is 21.8 Å². The molecule has 1 N–H and O–H groups in total. The summed E-state index contributed by atoms with van der Waals surface area (Å²) in [6.45, 7) is 1.89. The van der Waals surface area contributed by atoms with Crippen LogP contribution in [0.25, 0.3) is 5.76 Å². The molecule has 0 unspecified atom stereocenters. The summed E-state index contributed by atoms with van der Waals surface area (Å²) >= 11 is 5.92. The molecule has 1 fully saturated rings. The van der Waals surface area contributed by atoms with E-state index < -0.39 is 22.7 Å². The maximum absolute atomic E-state index is 13.1. The Morgan fingerprint density at radius 1 is 1.03 bits per heavy atom. The molecule has 0 radical (unpaired) electrons. The van der Waals surface area contributed by atoms with Gasteiger partial charge in [-0.25, -0.2) is 0 Å². The van der Waals surface area contributed by atoms with Crippen molar-refractivity contribution in [1.82, 2.24) is 0 Å². The number of non-ortho nitro benzene ring substituents is 1. The van der Waals surface area contributed by atoms with Crippen molar-refractivity contribution in [3.05, 3.63) is 110 Å². The lowest BCUT2D eigenvalue weighted by Crippen LogP contribution is -2.29. The van der Waals surface area contributed by atoms with E-state index in [1.165, 1.54) is 35.2 Å². The number of benzene rings is 3. The van der Waals surface area contributed by atoms with Crippen LogP contribution in [0, 0.1) is 17.0 Å². The van der Waals surface area contributed by atoms with Crippen molar-refractivity contribution in [3.8, 4) is 0 Å². The predicted molar refractivity (Wildman–Crippen MR) is 121 cm³/mol. The van der Waals surface area contributed by atoms with Crippen LogP contribution in [-0.4, -0.2) is 21.7 Å². The van der Waals surface area contributed by atoms with E-state index in [0.717, 1.165) is 5.56 Å². The number of aryl methyl sites for hydroxylation is 1. The number of anilines is 1. The van der Waals surface area contributed by atoms with Gasteiger partial charge in [0.1, 0.15) is 5.76 Å². The van der Waals surface area contributed by atoms with Gasteiger partial charge in [-0.2, -0.15) is 0 Å². The molecule has 0 saturated carbocycles. The Morgan fingerprint density at radius 3 is 2.31 bits per heavy atom. The fraction of sp³-hybridized carbons (Fsp3) is 0.0833. The average molecular weight is 449 g/mol. The molecule has 1 aliphatic heterocycles. The standard InChI is InChI=1S/C24H17ClN2O5/c1-14-5-11-18(12-6-14)26-21(16-3-2-4-19(13-16)27(31)32)20(23(29)24(26)30)22(28)15-7-9-17(25)10-8-15/h2-13,21,28H,1H3/b22-20+/t21-/m1/s1. The van der Waals surface area contributed by atoms with Crippen molar-refractivity contribution < 1.29 is 19.6 Å². The van der Waals surface area contributed by atoms with Crippen molar-refractivity contribution in [2.75, 3.05) is 4.90 Å². The van der Waals surface area contributed by atoms with E-state index in [9.17, 15) is 24.8 Å². The van der Waals surface area contributed by atoms with Crippen molar-refractivity contribution in [2.45, 2.75) is 13.0 Å². The smallest absolute Gasteiger partial charge is 0.300 e. The molecule has 3 aromatic carbocycles. The summed E-state index contributed by atoms with van der Waals surface area (Å²) in [6, 6.07) is 17.7. The largest absolute Gasteiger partial charge is 0.507 e. The quantitative estimate of drug-likeness (QED) is 0.195. The van der Waals surface area contributed by atoms with Crippen molar-refractivity contribution in [1.29, 1.82) is 0 Å². The van der Waals surface area contributed by atoms with Gasteiger partial charge in [0.15, 0.2) is 0 Å². The second-order valence-electron chi connectivity index (χ2n) is 7.36. The lowest BCUT2D eigenvalue weighted by Gasteiger charge is -2.25. The molecule has 7 nitrogen and oxygen atoms in total. The molecule has 1 atom stereocenters. The first-order valence-electron chi connectivity index (χ1n) is 9.66. The Hall–Kier alpha value is -3.97. The molecule has 1 aliphatic rings. The topological polar surface area (TPSA) is 101 Å². The summed E-state index contributed by atoms with van der Waals surface area (Å²) in [6.07, 6.45) is 0. The maximum Gasteiger partial charge on any atom is 0.300 e. The molecule has 0 spiro atoms. The second-order valence-corrected chi connectivity index (χ2v) is 7.80. The minimum absolute atomic E-state index is 0.154. The summed E-state index contributed by atoms with van der Waals surface area (Å²) in [5.41, 5.74) is 1.67. The van der Waals surface area contributed by atoms with Gasteiger partial charge in [-0.05, 0) is 48.9 Å². The van der Waals surface area contributed by atoms with Gasteiger partial charge in [0.2, 0.25) is 0 Å². The Kier molecular flexibility index (Phi) is 5.50. The van der Waals surface area contributed by atoms with E-state index in [4.69, 9.17) is 11.6 Å². The second kappa shape index (κ2) is 8.28. The summed E-state index contributed by atoms with van der Waals surface area (Å²) < 4.78 is 0. The monoisotopic (exact) mass is 448 g/mol. The molecule has 8 heteroatoms. The van der Waals surface area contributed by atoms with Crippen LogP contribution in [-0.2, 0) is 9.59 Å². The van der Waals surface area contributed by atoms with E-state index in [2.05, 4.69) is 0 Å². The summed E-state index contributed by atoms with van der Waals surface area (Å²) in [7, 11) is 0. The lowest BCUT2D eigenvalue weighted by molar-refractivity contribution is -0.384. The van der Waals surface area contributed by atoms with Gasteiger partial charge in [0.25, 0.3) is 17.4 Å². The van der Waals surface area contributed by atoms with E-state index in [1.807, 2.05) is 6.92 Å². The van der Waals surface area contributed by atoms with Gasteiger partial charge in [-0.3, -0.25) is 24.6 Å². The number of aliphatic hydroxyl groups excluding tert-OH is 1. The minimum atomic E-state index is -1.05. The van der Waals surface area contributed by atoms with Crippen molar-refractivity contribution >= 4 is 40.4 Å². The van der Waals surface area contributed by atoms with Crippen LogP contribution in [0.5, 0.6) is 0 Å². The first kappa shape index (κ1) is 21.3. The predicted octanol–water partition coefficient (Wildman–Crippen LogP) is 5.18. The number of aliphatic hydroxyl groups is 1. The Labute approximate surface area is 188 Å². The van der Waals surface area contributed by atoms with Gasteiger partial charge in [0.05, 0.1) is 16.5 Å². The van der Waals surface area contributed by atoms with Crippen molar-refractivity contribution in [3.63, 3.8) is 0 Å². The summed E-state index contributed by atoms with van der Waals surface area (Å²) in [4.78, 5) is 38.2. The van der Waals surface area contributed by atoms with Crippen LogP contribution in [0.15, 0.2) is 78.4 Å². The molecule has 4 rings (SSSR count). The van der Waals surface area contributed by atoms with Gasteiger partial charge in [-0.1, -0.05) is 41.4 Å². The molecular formula is C24H17ClN2O5. The number of carbonyl (C=O) groups is 2. The average Bonchev–Trinajstić information content (AvgIpc) is 3.05. The zero-order valence-electron chi connectivity index (χ0n) is 16.9. The van der Waals surface area contributed by atoms with Crippen LogP contribution >= 0.6 is 11.6 Å². The Bertz CT molecular complexity index is 1270. The minimum Gasteiger partial charge on any atom is -0.507 e. The third kappa shape index (κ3) is 3.74. The first-order valence-corrected chi connectivity index (χ1v) is 10.0. The van der Waals surface area contributed by atoms with Crippen LogP contribution in [0.2, 0.25) is 5.02 Å². The molecule has 0 bridgehead atoms. The van der Waals surface area contributed by atoms with Gasteiger partial charge >= 0.3 is 0 Å². The van der Waals surface area contributed by atoms with E-state index in [1.54, 1.807) is 42.5 Å². The molecule has 1 saturated heterocycles. The third-order valence-corrected chi connectivity index (χ3v) is 5.52. The molecule has 1 amide bonds. The zero-order chi connectivity index (χ0) is 23.0. The summed E-state index contributed by atoms with van der Waals surface area (Å²) in [5, 5.41) is 22.8. The molecule has 1 heterocycles. The number of hydrogen-bond donors (Lipinski definition) is 1. The highest BCUT2D eigenvalue weighted by atomic mass is 35.5. The number of Topliss-reactive ketones (excluding diaryl/α,β-unsaturated/α-hetero) is 1. The number of halogens is 1. The van der Waals surface area contributed by atoms with Crippen LogP contribution in [0.3, 0.4) is 0 Å². The zero-order valence-corrected chi connectivity index (χ0v) is 17.6. The lowest BCUT2D eigenvalue weighted by atomic mass is 9.94. The van der Waals surface area contributed by atoms with Crippen molar-refractivity contribution in [2.24, 2.45) is 0 Å². The number of rotatable bonds is 4. The highest BCUT2D eigenvalue weighted by molar-refractivity contribution is 6.51. The molecular weight excluding hydrogens is 432 g/mol. The fourth-order valence-electron chi connectivity index (χ4n) is 3.69. The summed E-state index contributed by atoms with van der Waals surface area (Å²) in [5.74, 6) is -2.10. The Morgan fingerprint density at radius 2 is 1.69 bits per heavy atom. The fourth-order valence-corrected chi connectivity index (χ4v) is 3.82. The first-order chi connectivity index (χ1) is 15.3. The number of carbonyl (C=O) groups excluding carboxylic acids is 2. The van der Waals surface area contributed by atoms with Crippen LogP contribution in [0.4, 0.5) is 11.4 Å². The third-order valence-electron chi connectivity index (χ3n) is 5.27.